The van der Waals surface area contributed by atoms with E-state index in [9.17, 15) is 9.59 Å². The number of carbonyl (C=O) groups is 1. The highest BCUT2D eigenvalue weighted by Gasteiger charge is 2.09. The highest BCUT2D eigenvalue weighted by Crippen LogP contribution is 2.20. The fourth-order valence-corrected chi connectivity index (χ4v) is 4.15. The molecule has 0 aliphatic carbocycles. The fourth-order valence-electron chi connectivity index (χ4n) is 2.94. The van der Waals surface area contributed by atoms with Gasteiger partial charge in [-0.2, -0.15) is 0 Å². The van der Waals surface area contributed by atoms with Crippen LogP contribution in [-0.2, 0) is 11.3 Å². The van der Waals surface area contributed by atoms with E-state index in [2.05, 4.69) is 10.3 Å². The van der Waals surface area contributed by atoms with E-state index in [1.54, 1.807) is 41.0 Å². The predicted molar refractivity (Wildman–Crippen MR) is 114 cm³/mol. The summed E-state index contributed by atoms with van der Waals surface area (Å²) in [6.45, 7) is 1.37. The van der Waals surface area contributed by atoms with Gasteiger partial charge in [0, 0.05) is 13.1 Å². The molecule has 0 unspecified atom stereocenters. The lowest BCUT2D eigenvalue weighted by atomic mass is 10.2. The minimum atomic E-state index is -0.297. The first-order valence-corrected chi connectivity index (χ1v) is 10.3. The van der Waals surface area contributed by atoms with Crippen LogP contribution in [0.1, 0.15) is 12.0 Å². The Balaban J connectivity index is 1.41. The Morgan fingerprint density at radius 3 is 2.79 bits per heavy atom. The normalized spacial score (nSPS) is 13.5. The van der Waals surface area contributed by atoms with E-state index >= 15 is 0 Å². The maximum absolute atomic E-state index is 12.4. The Bertz CT molecular complexity index is 1220. The Kier molecular flexibility index (Phi) is 5.78. The van der Waals surface area contributed by atoms with Gasteiger partial charge >= 0.3 is 0 Å². The molecule has 0 saturated carbocycles. The minimum Gasteiger partial charge on any atom is -0.484 e. The van der Waals surface area contributed by atoms with E-state index < -0.39 is 0 Å². The summed E-state index contributed by atoms with van der Waals surface area (Å²) >= 11 is 7.44. The number of nitrogens with zero attached hydrogens (tertiary/aromatic N) is 2. The second kappa shape index (κ2) is 8.63. The Morgan fingerprint density at radius 1 is 1.24 bits per heavy atom. The molecule has 148 valence electrons. The first kappa shape index (κ1) is 19.4. The molecule has 1 amide bonds. The maximum Gasteiger partial charge on any atom is 0.270 e. The molecule has 1 aliphatic heterocycles. The molecule has 2 aromatic carbocycles. The molecule has 0 bridgehead atoms. The number of anilines is 1. The maximum atomic E-state index is 12.4. The van der Waals surface area contributed by atoms with Crippen molar-refractivity contribution in [2.24, 2.45) is 4.99 Å². The third kappa shape index (κ3) is 4.58. The molecule has 0 saturated heterocycles. The van der Waals surface area contributed by atoms with Gasteiger partial charge in [-0.25, -0.2) is 0 Å². The van der Waals surface area contributed by atoms with Crippen LogP contribution in [0.25, 0.3) is 6.08 Å². The second-order valence-electron chi connectivity index (χ2n) is 6.47. The van der Waals surface area contributed by atoms with Crippen LogP contribution in [0, 0.1) is 0 Å². The molecule has 4 rings (SSSR count). The third-order valence-electron chi connectivity index (χ3n) is 4.37. The van der Waals surface area contributed by atoms with E-state index in [-0.39, 0.29) is 18.1 Å². The SMILES string of the molecule is O=C(COc1ccc(/C=c2/sc3n(c2=O)CCCN=3)cc1)Nc1ccccc1Cl. The molecular formula is C21H18ClN3O3S. The zero-order chi connectivity index (χ0) is 20.2. The van der Waals surface area contributed by atoms with Crippen molar-refractivity contribution in [3.8, 4) is 5.75 Å². The molecule has 0 spiro atoms. The number of para-hydroxylation sites is 1. The van der Waals surface area contributed by atoms with Crippen LogP contribution in [0.4, 0.5) is 5.69 Å². The Morgan fingerprint density at radius 2 is 2.03 bits per heavy atom. The van der Waals surface area contributed by atoms with Crippen molar-refractivity contribution >= 4 is 40.6 Å². The molecule has 2 heterocycles. The van der Waals surface area contributed by atoms with Crippen molar-refractivity contribution in [1.82, 2.24) is 4.57 Å². The first-order chi connectivity index (χ1) is 14.1. The number of halogens is 1. The fraction of sp³-hybridized carbons (Fsp3) is 0.190. The number of hydrogen-bond acceptors (Lipinski definition) is 5. The lowest BCUT2D eigenvalue weighted by Crippen LogP contribution is -2.33. The summed E-state index contributed by atoms with van der Waals surface area (Å²) in [6.07, 6.45) is 2.75. The average molecular weight is 428 g/mol. The molecular weight excluding hydrogens is 410 g/mol. The highest BCUT2D eigenvalue weighted by atomic mass is 35.5. The zero-order valence-corrected chi connectivity index (χ0v) is 17.0. The van der Waals surface area contributed by atoms with E-state index in [1.807, 2.05) is 18.2 Å². The van der Waals surface area contributed by atoms with Crippen molar-refractivity contribution < 1.29 is 9.53 Å². The van der Waals surface area contributed by atoms with Gasteiger partial charge in [-0.1, -0.05) is 47.2 Å². The first-order valence-electron chi connectivity index (χ1n) is 9.13. The molecule has 1 aromatic heterocycles. The summed E-state index contributed by atoms with van der Waals surface area (Å²) in [7, 11) is 0. The topological polar surface area (TPSA) is 72.7 Å². The van der Waals surface area contributed by atoms with E-state index in [0.29, 0.717) is 21.0 Å². The summed E-state index contributed by atoms with van der Waals surface area (Å²) in [5.41, 5.74) is 1.43. The van der Waals surface area contributed by atoms with Crippen LogP contribution >= 0.6 is 22.9 Å². The number of fused-ring (bicyclic) bond motifs is 1. The van der Waals surface area contributed by atoms with Crippen molar-refractivity contribution in [1.29, 1.82) is 0 Å². The number of carbonyl (C=O) groups excluding carboxylic acids is 1. The van der Waals surface area contributed by atoms with Gasteiger partial charge in [-0.05, 0) is 42.3 Å². The lowest BCUT2D eigenvalue weighted by molar-refractivity contribution is -0.118. The molecule has 29 heavy (non-hydrogen) atoms. The van der Waals surface area contributed by atoms with Crippen LogP contribution in [0.15, 0.2) is 58.3 Å². The van der Waals surface area contributed by atoms with Gasteiger partial charge < -0.3 is 10.1 Å². The van der Waals surface area contributed by atoms with Crippen LogP contribution in [0.3, 0.4) is 0 Å². The number of benzene rings is 2. The van der Waals surface area contributed by atoms with E-state index in [4.69, 9.17) is 16.3 Å². The summed E-state index contributed by atoms with van der Waals surface area (Å²) in [5, 5.41) is 3.18. The van der Waals surface area contributed by atoms with Crippen LogP contribution in [0.2, 0.25) is 5.02 Å². The van der Waals surface area contributed by atoms with E-state index in [1.165, 1.54) is 11.3 Å². The van der Waals surface area contributed by atoms with Crippen LogP contribution in [0.5, 0.6) is 5.75 Å². The van der Waals surface area contributed by atoms with Gasteiger partial charge in [0.2, 0.25) is 0 Å². The molecule has 0 fully saturated rings. The number of ether oxygens (including phenoxy) is 1. The largest absolute Gasteiger partial charge is 0.484 e. The molecule has 0 atom stereocenters. The van der Waals surface area contributed by atoms with Crippen molar-refractivity contribution in [2.45, 2.75) is 13.0 Å². The molecule has 0 radical (unpaired) electrons. The monoisotopic (exact) mass is 427 g/mol. The predicted octanol–water partition coefficient (Wildman–Crippen LogP) is 2.43. The summed E-state index contributed by atoms with van der Waals surface area (Å²) in [4.78, 5) is 29.7. The number of thiazole rings is 1. The zero-order valence-electron chi connectivity index (χ0n) is 15.4. The number of rotatable bonds is 5. The van der Waals surface area contributed by atoms with Gasteiger partial charge in [-0.15, -0.1) is 0 Å². The van der Waals surface area contributed by atoms with Gasteiger partial charge in [0.15, 0.2) is 11.4 Å². The van der Waals surface area contributed by atoms with Gasteiger partial charge in [0.25, 0.3) is 11.5 Å². The minimum absolute atomic E-state index is 0.00465. The lowest BCUT2D eigenvalue weighted by Gasteiger charge is -2.08. The summed E-state index contributed by atoms with van der Waals surface area (Å²) in [6, 6.07) is 14.3. The van der Waals surface area contributed by atoms with Crippen LogP contribution in [-0.4, -0.2) is 23.6 Å². The number of aromatic nitrogens is 1. The second-order valence-corrected chi connectivity index (χ2v) is 7.89. The standard InChI is InChI=1S/C21H18ClN3O3S/c22-16-4-1-2-5-17(16)24-19(26)13-28-15-8-6-14(7-9-15)12-18-20(27)25-11-3-10-23-21(25)29-18/h1-2,4-9,12H,3,10-11,13H2,(H,24,26)/b18-12+. The summed E-state index contributed by atoms with van der Waals surface area (Å²) in [5.74, 6) is 0.267. The quantitative estimate of drug-likeness (QED) is 0.679. The molecule has 6 nitrogen and oxygen atoms in total. The molecule has 8 heteroatoms. The smallest absolute Gasteiger partial charge is 0.270 e. The average Bonchev–Trinajstić information content (AvgIpc) is 3.05. The summed E-state index contributed by atoms with van der Waals surface area (Å²) < 4.78 is 7.92. The molecule has 3 aromatic rings. The van der Waals surface area contributed by atoms with Gasteiger partial charge in [-0.3, -0.25) is 19.1 Å². The third-order valence-corrected chi connectivity index (χ3v) is 5.74. The van der Waals surface area contributed by atoms with Crippen LogP contribution < -0.4 is 24.9 Å². The number of nitrogens with one attached hydrogen (secondary N) is 1. The number of amides is 1. The van der Waals surface area contributed by atoms with Gasteiger partial charge in [0.1, 0.15) is 5.75 Å². The van der Waals surface area contributed by atoms with E-state index in [0.717, 1.165) is 29.9 Å². The van der Waals surface area contributed by atoms with Crippen molar-refractivity contribution in [2.75, 3.05) is 18.5 Å². The molecule has 1 aliphatic rings. The Labute approximate surface area is 175 Å². The highest BCUT2D eigenvalue weighted by molar-refractivity contribution is 7.07. The number of hydrogen-bond donors (Lipinski definition) is 1. The molecule has 1 N–H and O–H groups in total. The van der Waals surface area contributed by atoms with Crippen molar-refractivity contribution in [3.63, 3.8) is 0 Å². The van der Waals surface area contributed by atoms with Crippen molar-refractivity contribution in [3.05, 3.63) is 78.8 Å². The Hall–Kier alpha value is -2.90. The van der Waals surface area contributed by atoms with Gasteiger partial charge in [0.05, 0.1) is 15.2 Å².